The zero-order valence-electron chi connectivity index (χ0n) is 15.9. The monoisotopic (exact) mass is 381 g/mol. The van der Waals surface area contributed by atoms with Crippen LogP contribution in [0, 0.1) is 20.8 Å². The van der Waals surface area contributed by atoms with E-state index in [4.69, 9.17) is 0 Å². The quantitative estimate of drug-likeness (QED) is 0.863. The molecule has 1 aliphatic heterocycles. The van der Waals surface area contributed by atoms with Gasteiger partial charge >= 0.3 is 0 Å². The molecular formula is C21H23N3O2S. The lowest BCUT2D eigenvalue weighted by Crippen LogP contribution is -2.30. The van der Waals surface area contributed by atoms with Gasteiger partial charge in [-0.3, -0.25) is 14.5 Å². The molecule has 0 saturated carbocycles. The topological polar surface area (TPSA) is 61.8 Å². The number of amides is 2. The Morgan fingerprint density at radius 3 is 2.48 bits per heavy atom. The molecule has 1 N–H and O–H groups in total. The van der Waals surface area contributed by atoms with Crippen molar-refractivity contribution in [1.82, 2.24) is 4.90 Å². The van der Waals surface area contributed by atoms with Gasteiger partial charge in [-0.15, -0.1) is 0 Å². The molecule has 6 heteroatoms. The van der Waals surface area contributed by atoms with Crippen molar-refractivity contribution in [3.8, 4) is 0 Å². The van der Waals surface area contributed by atoms with Crippen LogP contribution in [-0.4, -0.2) is 34.2 Å². The van der Waals surface area contributed by atoms with Gasteiger partial charge in [0, 0.05) is 19.2 Å². The molecule has 0 radical (unpaired) electrons. The maximum absolute atomic E-state index is 12.5. The third-order valence-corrected chi connectivity index (χ3v) is 5.71. The molecule has 2 aromatic carbocycles. The van der Waals surface area contributed by atoms with Crippen molar-refractivity contribution in [3.05, 3.63) is 59.2 Å². The van der Waals surface area contributed by atoms with E-state index in [2.05, 4.69) is 10.3 Å². The molecule has 0 aliphatic carbocycles. The zero-order valence-corrected chi connectivity index (χ0v) is 16.8. The van der Waals surface area contributed by atoms with Crippen LogP contribution in [0.2, 0.25) is 0 Å². The highest BCUT2D eigenvalue weighted by Gasteiger charge is 2.37. The lowest BCUT2D eigenvalue weighted by atomic mass is 10.1. The van der Waals surface area contributed by atoms with Crippen LogP contribution in [0.4, 0.5) is 11.4 Å². The number of hydrogen-bond acceptors (Lipinski definition) is 4. The van der Waals surface area contributed by atoms with E-state index in [1.165, 1.54) is 16.7 Å². The van der Waals surface area contributed by atoms with Gasteiger partial charge in [0.25, 0.3) is 0 Å². The predicted molar refractivity (Wildman–Crippen MR) is 112 cm³/mol. The predicted octanol–water partition coefficient (Wildman–Crippen LogP) is 4.20. The molecule has 2 aromatic rings. The highest BCUT2D eigenvalue weighted by atomic mass is 32.2. The molecular weight excluding hydrogens is 358 g/mol. The van der Waals surface area contributed by atoms with Crippen molar-refractivity contribution < 1.29 is 9.59 Å². The Morgan fingerprint density at radius 2 is 1.81 bits per heavy atom. The molecule has 5 nitrogen and oxygen atoms in total. The molecule has 2 amide bonds. The van der Waals surface area contributed by atoms with Crippen LogP contribution in [0.3, 0.4) is 0 Å². The first-order valence-corrected chi connectivity index (χ1v) is 9.69. The highest BCUT2D eigenvalue weighted by molar-refractivity contribution is 8.15. The summed E-state index contributed by atoms with van der Waals surface area (Å²) in [5, 5.41) is 3.12. The Labute approximate surface area is 163 Å². The molecule has 0 bridgehead atoms. The number of para-hydroxylation sites is 1. The molecule has 1 heterocycles. The van der Waals surface area contributed by atoms with E-state index in [0.29, 0.717) is 5.17 Å². The zero-order chi connectivity index (χ0) is 19.6. The average molecular weight is 382 g/mol. The molecule has 3 rings (SSSR count). The number of hydrogen-bond donors (Lipinski definition) is 1. The van der Waals surface area contributed by atoms with E-state index >= 15 is 0 Å². The number of aryl methyl sites for hydroxylation is 3. The minimum absolute atomic E-state index is 0.0944. The highest BCUT2D eigenvalue weighted by Crippen LogP contribution is 2.31. The number of thioether (sulfide) groups is 1. The molecule has 0 aromatic heterocycles. The summed E-state index contributed by atoms with van der Waals surface area (Å²) in [5.41, 5.74) is 4.75. The van der Waals surface area contributed by atoms with Gasteiger partial charge in [-0.1, -0.05) is 42.1 Å². The summed E-state index contributed by atoms with van der Waals surface area (Å²) in [6.07, 6.45) is 0.119. The molecule has 1 fully saturated rings. The molecule has 0 unspecified atom stereocenters. The Balaban J connectivity index is 1.71. The van der Waals surface area contributed by atoms with Crippen LogP contribution in [0.5, 0.6) is 0 Å². The molecule has 1 saturated heterocycles. The molecule has 27 heavy (non-hydrogen) atoms. The van der Waals surface area contributed by atoms with Crippen molar-refractivity contribution in [2.75, 3.05) is 12.4 Å². The first kappa shape index (κ1) is 19.2. The summed E-state index contributed by atoms with van der Waals surface area (Å²) in [5.74, 6) is -0.258. The fourth-order valence-corrected chi connectivity index (χ4v) is 4.13. The number of nitrogens with one attached hydrogen (secondary N) is 1. The number of rotatable bonds is 4. The average Bonchev–Trinajstić information content (AvgIpc) is 2.86. The summed E-state index contributed by atoms with van der Waals surface area (Å²) in [6, 6.07) is 13.7. The number of carbonyl (C=O) groups is 2. The van der Waals surface area contributed by atoms with Crippen LogP contribution in [-0.2, 0) is 9.59 Å². The third-order valence-electron chi connectivity index (χ3n) is 4.48. The van der Waals surface area contributed by atoms with Crippen LogP contribution >= 0.6 is 11.8 Å². The van der Waals surface area contributed by atoms with Gasteiger partial charge in [0.2, 0.25) is 11.8 Å². The standard InChI is InChI=1S/C21H23N3O2S/c1-13-7-5-10-16(11-13)22-21-24(4)20(26)17(27-21)12-18(25)23-19-14(2)8-6-9-15(19)3/h5-11,17H,12H2,1-4H3,(H,23,25)/t17-/m0/s1. The van der Waals surface area contributed by atoms with Crippen molar-refractivity contribution >= 4 is 40.1 Å². The van der Waals surface area contributed by atoms with Crippen molar-refractivity contribution in [3.63, 3.8) is 0 Å². The number of anilines is 1. The molecule has 140 valence electrons. The first-order chi connectivity index (χ1) is 12.8. The SMILES string of the molecule is Cc1cccc(N=C2S[C@@H](CC(=O)Nc3c(C)cccc3C)C(=O)N2C)c1. The summed E-state index contributed by atoms with van der Waals surface area (Å²) in [4.78, 5) is 31.1. The first-order valence-electron chi connectivity index (χ1n) is 8.81. The second-order valence-corrected chi connectivity index (χ2v) is 7.93. The van der Waals surface area contributed by atoms with Crippen LogP contribution in [0.25, 0.3) is 0 Å². The Kier molecular flexibility index (Phi) is 5.65. The minimum Gasteiger partial charge on any atom is -0.326 e. The number of aliphatic imine (C=N–C) groups is 1. The largest absolute Gasteiger partial charge is 0.326 e. The smallest absolute Gasteiger partial charge is 0.242 e. The normalized spacial score (nSPS) is 18.2. The fourth-order valence-electron chi connectivity index (χ4n) is 2.98. The summed E-state index contributed by atoms with van der Waals surface area (Å²) < 4.78 is 0. The lowest BCUT2D eigenvalue weighted by molar-refractivity contribution is -0.127. The van der Waals surface area contributed by atoms with Crippen LogP contribution in [0.1, 0.15) is 23.1 Å². The van der Waals surface area contributed by atoms with E-state index in [1.807, 2.05) is 63.2 Å². The van der Waals surface area contributed by atoms with Crippen LogP contribution in [0.15, 0.2) is 47.5 Å². The maximum atomic E-state index is 12.5. The van der Waals surface area contributed by atoms with Crippen molar-refractivity contribution in [2.45, 2.75) is 32.4 Å². The lowest BCUT2D eigenvalue weighted by Gasteiger charge is -2.12. The minimum atomic E-state index is -0.456. The number of amidine groups is 1. The Morgan fingerprint density at radius 1 is 1.15 bits per heavy atom. The van der Waals surface area contributed by atoms with Gasteiger partial charge < -0.3 is 5.32 Å². The summed E-state index contributed by atoms with van der Waals surface area (Å²) in [7, 11) is 1.70. The molecule has 1 atom stereocenters. The fraction of sp³-hybridized carbons (Fsp3) is 0.286. The van der Waals surface area contributed by atoms with E-state index in [0.717, 1.165) is 28.1 Å². The van der Waals surface area contributed by atoms with E-state index in [-0.39, 0.29) is 18.2 Å². The second-order valence-electron chi connectivity index (χ2n) is 6.76. The third kappa shape index (κ3) is 4.39. The summed E-state index contributed by atoms with van der Waals surface area (Å²) >= 11 is 1.34. The van der Waals surface area contributed by atoms with Crippen molar-refractivity contribution in [1.29, 1.82) is 0 Å². The number of carbonyl (C=O) groups excluding carboxylic acids is 2. The number of benzene rings is 2. The van der Waals surface area contributed by atoms with Gasteiger partial charge in [-0.2, -0.15) is 0 Å². The Bertz CT molecular complexity index is 903. The second kappa shape index (κ2) is 7.96. The van der Waals surface area contributed by atoms with E-state index < -0.39 is 5.25 Å². The van der Waals surface area contributed by atoms with Gasteiger partial charge in [-0.25, -0.2) is 4.99 Å². The molecule has 1 aliphatic rings. The van der Waals surface area contributed by atoms with Crippen molar-refractivity contribution in [2.24, 2.45) is 4.99 Å². The van der Waals surface area contributed by atoms with Gasteiger partial charge in [0.15, 0.2) is 5.17 Å². The van der Waals surface area contributed by atoms with E-state index in [9.17, 15) is 9.59 Å². The van der Waals surface area contributed by atoms with Gasteiger partial charge in [0.05, 0.1) is 5.69 Å². The maximum Gasteiger partial charge on any atom is 0.242 e. The van der Waals surface area contributed by atoms with Crippen LogP contribution < -0.4 is 5.32 Å². The molecule has 0 spiro atoms. The van der Waals surface area contributed by atoms with Gasteiger partial charge in [-0.05, 0) is 49.6 Å². The van der Waals surface area contributed by atoms with Gasteiger partial charge in [0.1, 0.15) is 5.25 Å². The Hall–Kier alpha value is -2.60. The van der Waals surface area contributed by atoms with E-state index in [1.54, 1.807) is 7.05 Å². The number of nitrogens with zero attached hydrogens (tertiary/aromatic N) is 2. The summed E-state index contributed by atoms with van der Waals surface area (Å²) in [6.45, 7) is 5.91.